The van der Waals surface area contributed by atoms with Gasteiger partial charge in [-0.05, 0) is 6.42 Å². The number of nitrogens with zero attached hydrogens (tertiary/aromatic N) is 1. The van der Waals surface area contributed by atoms with Crippen molar-refractivity contribution < 1.29 is 4.79 Å². The SMILES string of the molecule is CCCCCC(=O)N(CCN)CCN. The summed E-state index contributed by atoms with van der Waals surface area (Å²) in [5.74, 6) is 0.189. The smallest absolute Gasteiger partial charge is 0.222 e. The molecule has 1 amide bonds. The Morgan fingerprint density at radius 2 is 1.71 bits per heavy atom. The highest BCUT2D eigenvalue weighted by Gasteiger charge is 2.10. The fraction of sp³-hybridized carbons (Fsp3) is 0.900. The number of amides is 1. The van der Waals surface area contributed by atoms with Crippen molar-refractivity contribution in [2.75, 3.05) is 26.2 Å². The third-order valence-corrected chi connectivity index (χ3v) is 2.14. The highest BCUT2D eigenvalue weighted by molar-refractivity contribution is 5.76. The van der Waals surface area contributed by atoms with Crippen molar-refractivity contribution >= 4 is 5.91 Å². The van der Waals surface area contributed by atoms with E-state index >= 15 is 0 Å². The fourth-order valence-corrected chi connectivity index (χ4v) is 1.36. The molecular weight excluding hydrogens is 178 g/mol. The lowest BCUT2D eigenvalue weighted by Crippen LogP contribution is -2.38. The molecule has 4 heteroatoms. The Balaban J connectivity index is 3.76. The highest BCUT2D eigenvalue weighted by Crippen LogP contribution is 2.02. The number of unbranched alkanes of at least 4 members (excludes halogenated alkanes) is 2. The van der Waals surface area contributed by atoms with Gasteiger partial charge in [0.2, 0.25) is 5.91 Å². The summed E-state index contributed by atoms with van der Waals surface area (Å²) in [4.78, 5) is 13.4. The van der Waals surface area contributed by atoms with Crippen molar-refractivity contribution in [3.8, 4) is 0 Å². The Morgan fingerprint density at radius 3 is 2.14 bits per heavy atom. The fourth-order valence-electron chi connectivity index (χ4n) is 1.36. The van der Waals surface area contributed by atoms with E-state index < -0.39 is 0 Å². The molecule has 0 rings (SSSR count). The predicted octanol–water partition coefficient (Wildman–Crippen LogP) is 0.313. The normalized spacial score (nSPS) is 10.2. The molecule has 0 radical (unpaired) electrons. The molecule has 0 aromatic heterocycles. The van der Waals surface area contributed by atoms with E-state index in [-0.39, 0.29) is 5.91 Å². The molecule has 4 nitrogen and oxygen atoms in total. The standard InChI is InChI=1S/C10H23N3O/c1-2-3-4-5-10(14)13(8-6-11)9-7-12/h2-9,11-12H2,1H3. The van der Waals surface area contributed by atoms with Crippen molar-refractivity contribution in [2.45, 2.75) is 32.6 Å². The van der Waals surface area contributed by atoms with Gasteiger partial charge in [-0.1, -0.05) is 19.8 Å². The van der Waals surface area contributed by atoms with E-state index in [9.17, 15) is 4.79 Å². The van der Waals surface area contributed by atoms with Crippen LogP contribution in [0, 0.1) is 0 Å². The van der Waals surface area contributed by atoms with Gasteiger partial charge in [0, 0.05) is 32.6 Å². The third kappa shape index (κ3) is 5.94. The monoisotopic (exact) mass is 201 g/mol. The van der Waals surface area contributed by atoms with Gasteiger partial charge in [-0.3, -0.25) is 4.79 Å². The third-order valence-electron chi connectivity index (χ3n) is 2.14. The summed E-state index contributed by atoms with van der Waals surface area (Å²) in [7, 11) is 0. The number of hydrogen-bond donors (Lipinski definition) is 2. The molecule has 0 aromatic rings. The van der Waals surface area contributed by atoms with Crippen LogP contribution in [0.3, 0.4) is 0 Å². The molecule has 0 saturated heterocycles. The maximum absolute atomic E-state index is 11.6. The number of carbonyl (C=O) groups is 1. The van der Waals surface area contributed by atoms with Gasteiger partial charge in [-0.15, -0.1) is 0 Å². The minimum absolute atomic E-state index is 0.189. The molecule has 0 fully saturated rings. The van der Waals surface area contributed by atoms with Crippen molar-refractivity contribution in [2.24, 2.45) is 11.5 Å². The quantitative estimate of drug-likeness (QED) is 0.555. The van der Waals surface area contributed by atoms with Gasteiger partial charge in [0.05, 0.1) is 0 Å². The molecule has 4 N–H and O–H groups in total. The van der Waals surface area contributed by atoms with E-state index in [1.807, 2.05) is 0 Å². The average molecular weight is 201 g/mol. The van der Waals surface area contributed by atoms with Gasteiger partial charge in [0.25, 0.3) is 0 Å². The molecular formula is C10H23N3O. The van der Waals surface area contributed by atoms with E-state index in [0.717, 1.165) is 19.3 Å². The maximum Gasteiger partial charge on any atom is 0.222 e. The summed E-state index contributed by atoms with van der Waals surface area (Å²) in [5.41, 5.74) is 10.8. The van der Waals surface area contributed by atoms with Crippen LogP contribution in [0.1, 0.15) is 32.6 Å². The summed E-state index contributed by atoms with van der Waals surface area (Å²) < 4.78 is 0. The lowest BCUT2D eigenvalue weighted by atomic mass is 10.2. The predicted molar refractivity (Wildman–Crippen MR) is 58.8 cm³/mol. The summed E-state index contributed by atoms with van der Waals surface area (Å²) in [6.45, 7) is 4.41. The number of rotatable bonds is 8. The van der Waals surface area contributed by atoms with Crippen molar-refractivity contribution in [1.82, 2.24) is 4.90 Å². The van der Waals surface area contributed by atoms with Gasteiger partial charge < -0.3 is 16.4 Å². The van der Waals surface area contributed by atoms with Gasteiger partial charge in [0.15, 0.2) is 0 Å². The number of carbonyl (C=O) groups excluding carboxylic acids is 1. The number of nitrogens with two attached hydrogens (primary N) is 2. The molecule has 0 spiro atoms. The van der Waals surface area contributed by atoms with Crippen LogP contribution in [0.2, 0.25) is 0 Å². The first-order valence-corrected chi connectivity index (χ1v) is 5.44. The topological polar surface area (TPSA) is 72.3 Å². The Labute approximate surface area is 86.6 Å². The highest BCUT2D eigenvalue weighted by atomic mass is 16.2. The lowest BCUT2D eigenvalue weighted by Gasteiger charge is -2.21. The van der Waals surface area contributed by atoms with Gasteiger partial charge >= 0.3 is 0 Å². The van der Waals surface area contributed by atoms with E-state index in [1.165, 1.54) is 0 Å². The van der Waals surface area contributed by atoms with Crippen LogP contribution in [0.15, 0.2) is 0 Å². The van der Waals surface area contributed by atoms with Crippen molar-refractivity contribution in [3.05, 3.63) is 0 Å². The first-order chi connectivity index (χ1) is 6.76. The van der Waals surface area contributed by atoms with E-state index in [2.05, 4.69) is 6.92 Å². The average Bonchev–Trinajstić information content (AvgIpc) is 2.18. The summed E-state index contributed by atoms with van der Waals surface area (Å²) in [6, 6.07) is 0. The molecule has 14 heavy (non-hydrogen) atoms. The molecule has 0 atom stereocenters. The Hall–Kier alpha value is -0.610. The Bertz CT molecular complexity index is 144. The summed E-state index contributed by atoms with van der Waals surface area (Å²) in [6.07, 6.45) is 3.86. The first-order valence-electron chi connectivity index (χ1n) is 5.44. The molecule has 0 aliphatic carbocycles. The minimum atomic E-state index is 0.189. The Kier molecular flexibility index (Phi) is 8.57. The lowest BCUT2D eigenvalue weighted by molar-refractivity contribution is -0.131. The van der Waals surface area contributed by atoms with Crippen LogP contribution in [0.25, 0.3) is 0 Å². The molecule has 0 bridgehead atoms. The molecule has 0 saturated carbocycles. The van der Waals surface area contributed by atoms with E-state index in [1.54, 1.807) is 4.90 Å². The van der Waals surface area contributed by atoms with Crippen LogP contribution in [0.4, 0.5) is 0 Å². The molecule has 0 aromatic carbocycles. The van der Waals surface area contributed by atoms with Gasteiger partial charge in [0.1, 0.15) is 0 Å². The Morgan fingerprint density at radius 1 is 1.14 bits per heavy atom. The number of hydrogen-bond acceptors (Lipinski definition) is 3. The zero-order valence-corrected chi connectivity index (χ0v) is 9.17. The van der Waals surface area contributed by atoms with Crippen LogP contribution in [-0.2, 0) is 4.79 Å². The molecule has 84 valence electrons. The zero-order chi connectivity index (χ0) is 10.8. The van der Waals surface area contributed by atoms with Crippen LogP contribution in [-0.4, -0.2) is 37.0 Å². The maximum atomic E-state index is 11.6. The second kappa shape index (κ2) is 8.97. The minimum Gasteiger partial charge on any atom is -0.340 e. The second-order valence-electron chi connectivity index (χ2n) is 3.42. The van der Waals surface area contributed by atoms with Gasteiger partial charge in [-0.25, -0.2) is 0 Å². The summed E-state index contributed by atoms with van der Waals surface area (Å²) in [5, 5.41) is 0. The zero-order valence-electron chi connectivity index (χ0n) is 9.17. The van der Waals surface area contributed by atoms with Crippen molar-refractivity contribution in [3.63, 3.8) is 0 Å². The van der Waals surface area contributed by atoms with Crippen LogP contribution in [0.5, 0.6) is 0 Å². The van der Waals surface area contributed by atoms with Crippen LogP contribution < -0.4 is 11.5 Å². The largest absolute Gasteiger partial charge is 0.340 e. The van der Waals surface area contributed by atoms with E-state index in [0.29, 0.717) is 32.6 Å². The molecule has 0 aliphatic rings. The van der Waals surface area contributed by atoms with Crippen molar-refractivity contribution in [1.29, 1.82) is 0 Å². The second-order valence-corrected chi connectivity index (χ2v) is 3.42. The molecule has 0 heterocycles. The van der Waals surface area contributed by atoms with Gasteiger partial charge in [-0.2, -0.15) is 0 Å². The first kappa shape index (κ1) is 13.4. The molecule has 0 aliphatic heterocycles. The van der Waals surface area contributed by atoms with Crippen LogP contribution >= 0.6 is 0 Å². The van der Waals surface area contributed by atoms with E-state index in [4.69, 9.17) is 11.5 Å². The molecule has 0 unspecified atom stereocenters. The summed E-state index contributed by atoms with van der Waals surface area (Å²) >= 11 is 0.